The van der Waals surface area contributed by atoms with Gasteiger partial charge in [0, 0.05) is 24.0 Å². The average molecular weight is 330 g/mol. The van der Waals surface area contributed by atoms with E-state index in [0.717, 1.165) is 0 Å². The van der Waals surface area contributed by atoms with Crippen molar-refractivity contribution in [1.82, 2.24) is 5.32 Å². The molecule has 17 heavy (non-hydrogen) atoms. The molecule has 0 aliphatic heterocycles. The second-order valence-corrected chi connectivity index (χ2v) is 7.61. The fraction of sp³-hybridized carbons (Fsp3) is 0.385. The zero-order valence-corrected chi connectivity index (χ0v) is 13.6. The largest absolute Gasteiger partial charge is 0.308 e. The van der Waals surface area contributed by atoms with E-state index in [2.05, 4.69) is 54.2 Å². The van der Waals surface area contributed by atoms with E-state index < -0.39 is 0 Å². The summed E-state index contributed by atoms with van der Waals surface area (Å²) < 4.78 is 1.21. The molecular formula is C13H16BrNS2. The predicted octanol–water partition coefficient (Wildman–Crippen LogP) is 4.81. The first-order valence-corrected chi connectivity index (χ1v) is 7.95. The molecule has 2 aromatic heterocycles. The standard InChI is InChI=1S/C13H16BrNS2/c1-7-5-11(17-9(7)3)12(15-4)13-10(14)6-8(2)16-13/h5-6,12,15H,1-4H3. The van der Waals surface area contributed by atoms with Gasteiger partial charge >= 0.3 is 0 Å². The molecule has 0 radical (unpaired) electrons. The SMILES string of the molecule is CNC(c1cc(C)c(C)s1)c1sc(C)cc1Br. The maximum Gasteiger partial charge on any atom is 0.0774 e. The number of halogens is 1. The number of aryl methyl sites for hydroxylation is 3. The molecule has 0 aliphatic rings. The Morgan fingerprint density at radius 2 is 1.88 bits per heavy atom. The second kappa shape index (κ2) is 5.22. The van der Waals surface area contributed by atoms with Gasteiger partial charge in [0.25, 0.3) is 0 Å². The van der Waals surface area contributed by atoms with Crippen LogP contribution in [0.15, 0.2) is 16.6 Å². The minimum absolute atomic E-state index is 0.306. The number of rotatable bonds is 3. The molecule has 0 aromatic carbocycles. The maximum atomic E-state index is 3.66. The van der Waals surface area contributed by atoms with Crippen LogP contribution >= 0.6 is 38.6 Å². The van der Waals surface area contributed by atoms with E-state index in [1.807, 2.05) is 29.7 Å². The minimum atomic E-state index is 0.306. The minimum Gasteiger partial charge on any atom is -0.308 e. The lowest BCUT2D eigenvalue weighted by atomic mass is 10.2. The predicted molar refractivity (Wildman–Crippen MR) is 81.5 cm³/mol. The molecule has 0 bridgehead atoms. The number of hydrogen-bond donors (Lipinski definition) is 1. The summed E-state index contributed by atoms with van der Waals surface area (Å²) in [6.45, 7) is 6.51. The van der Waals surface area contributed by atoms with Crippen LogP contribution in [0.3, 0.4) is 0 Å². The van der Waals surface area contributed by atoms with Crippen molar-refractivity contribution in [3.63, 3.8) is 0 Å². The molecule has 1 atom stereocenters. The van der Waals surface area contributed by atoms with Crippen LogP contribution < -0.4 is 5.32 Å². The van der Waals surface area contributed by atoms with Crippen molar-refractivity contribution in [2.24, 2.45) is 0 Å². The third-order valence-corrected chi connectivity index (χ3v) is 6.11. The van der Waals surface area contributed by atoms with E-state index in [-0.39, 0.29) is 0 Å². The molecule has 1 unspecified atom stereocenters. The van der Waals surface area contributed by atoms with Gasteiger partial charge < -0.3 is 5.32 Å². The average Bonchev–Trinajstić information content (AvgIpc) is 2.74. The Balaban J connectivity index is 2.43. The molecule has 2 aromatic rings. The van der Waals surface area contributed by atoms with Crippen molar-refractivity contribution in [3.8, 4) is 0 Å². The van der Waals surface area contributed by atoms with Crippen molar-refractivity contribution < 1.29 is 0 Å². The van der Waals surface area contributed by atoms with Gasteiger partial charge in [-0.25, -0.2) is 0 Å². The number of nitrogens with one attached hydrogen (secondary N) is 1. The van der Waals surface area contributed by atoms with Crippen molar-refractivity contribution in [3.05, 3.63) is 41.7 Å². The highest BCUT2D eigenvalue weighted by molar-refractivity contribution is 9.10. The van der Waals surface area contributed by atoms with Gasteiger partial charge in [-0.2, -0.15) is 0 Å². The van der Waals surface area contributed by atoms with Crippen molar-refractivity contribution in [2.75, 3.05) is 7.05 Å². The summed E-state index contributed by atoms with van der Waals surface area (Å²) in [7, 11) is 2.02. The fourth-order valence-corrected chi connectivity index (χ4v) is 5.09. The Bertz CT molecular complexity index is 508. The summed E-state index contributed by atoms with van der Waals surface area (Å²) >= 11 is 7.39. The lowest BCUT2D eigenvalue weighted by Crippen LogP contribution is -2.15. The molecule has 4 heteroatoms. The maximum absolute atomic E-state index is 3.66. The van der Waals surface area contributed by atoms with Crippen LogP contribution in [0, 0.1) is 20.8 Å². The Labute approximate surface area is 119 Å². The van der Waals surface area contributed by atoms with Crippen LogP contribution in [0.1, 0.15) is 31.1 Å². The molecule has 0 spiro atoms. The van der Waals surface area contributed by atoms with E-state index in [1.54, 1.807) is 0 Å². The lowest BCUT2D eigenvalue weighted by Gasteiger charge is -2.13. The molecule has 2 rings (SSSR count). The van der Waals surface area contributed by atoms with E-state index in [1.165, 1.54) is 29.5 Å². The van der Waals surface area contributed by atoms with Gasteiger partial charge in [-0.3, -0.25) is 0 Å². The highest BCUT2D eigenvalue weighted by Gasteiger charge is 2.19. The summed E-state index contributed by atoms with van der Waals surface area (Å²) in [4.78, 5) is 5.51. The topological polar surface area (TPSA) is 12.0 Å². The fourth-order valence-electron chi connectivity index (χ4n) is 1.84. The van der Waals surface area contributed by atoms with Crippen LogP contribution in [0.4, 0.5) is 0 Å². The zero-order valence-electron chi connectivity index (χ0n) is 10.4. The van der Waals surface area contributed by atoms with Gasteiger partial charge in [0.15, 0.2) is 0 Å². The first-order valence-electron chi connectivity index (χ1n) is 5.53. The van der Waals surface area contributed by atoms with Crippen molar-refractivity contribution in [2.45, 2.75) is 26.8 Å². The molecule has 0 aliphatic carbocycles. The molecule has 0 amide bonds. The molecule has 2 heterocycles. The van der Waals surface area contributed by atoms with Gasteiger partial charge in [0.2, 0.25) is 0 Å². The molecule has 92 valence electrons. The molecular weight excluding hydrogens is 314 g/mol. The second-order valence-electron chi connectivity index (χ2n) is 4.18. The van der Waals surface area contributed by atoms with Crippen LogP contribution in [0.25, 0.3) is 0 Å². The van der Waals surface area contributed by atoms with Gasteiger partial charge in [-0.15, -0.1) is 22.7 Å². The Morgan fingerprint density at radius 3 is 2.29 bits per heavy atom. The molecule has 0 fully saturated rings. The third-order valence-electron chi connectivity index (χ3n) is 2.86. The van der Waals surface area contributed by atoms with Crippen LogP contribution in [0.2, 0.25) is 0 Å². The van der Waals surface area contributed by atoms with Crippen LogP contribution in [-0.4, -0.2) is 7.05 Å². The van der Waals surface area contributed by atoms with Crippen molar-refractivity contribution >= 4 is 38.6 Å². The molecule has 0 saturated carbocycles. The van der Waals surface area contributed by atoms with E-state index in [0.29, 0.717) is 6.04 Å². The highest BCUT2D eigenvalue weighted by atomic mass is 79.9. The van der Waals surface area contributed by atoms with Crippen LogP contribution in [-0.2, 0) is 0 Å². The first kappa shape index (κ1) is 13.3. The van der Waals surface area contributed by atoms with Crippen LogP contribution in [0.5, 0.6) is 0 Å². The van der Waals surface area contributed by atoms with Gasteiger partial charge in [-0.05, 0) is 61.4 Å². The third kappa shape index (κ3) is 2.65. The summed E-state index contributed by atoms with van der Waals surface area (Å²) in [5, 5.41) is 3.42. The first-order chi connectivity index (χ1) is 8.02. The molecule has 1 nitrogen and oxygen atoms in total. The quantitative estimate of drug-likeness (QED) is 0.852. The normalized spacial score (nSPS) is 13.0. The zero-order chi connectivity index (χ0) is 12.6. The number of thiophene rings is 2. The van der Waals surface area contributed by atoms with E-state index in [4.69, 9.17) is 0 Å². The molecule has 0 saturated heterocycles. The summed E-state index contributed by atoms with van der Waals surface area (Å²) in [5.74, 6) is 0. The summed E-state index contributed by atoms with van der Waals surface area (Å²) in [6, 6.07) is 4.79. The Kier molecular flexibility index (Phi) is 4.08. The van der Waals surface area contributed by atoms with E-state index in [9.17, 15) is 0 Å². The summed E-state index contributed by atoms with van der Waals surface area (Å²) in [6.07, 6.45) is 0. The van der Waals surface area contributed by atoms with Crippen molar-refractivity contribution in [1.29, 1.82) is 0 Å². The van der Waals surface area contributed by atoms with Gasteiger partial charge in [-0.1, -0.05) is 0 Å². The monoisotopic (exact) mass is 329 g/mol. The summed E-state index contributed by atoms with van der Waals surface area (Å²) in [5.41, 5.74) is 1.38. The van der Waals surface area contributed by atoms with E-state index >= 15 is 0 Å². The van der Waals surface area contributed by atoms with Gasteiger partial charge in [0.05, 0.1) is 6.04 Å². The molecule has 1 N–H and O–H groups in total. The highest BCUT2D eigenvalue weighted by Crippen LogP contribution is 2.38. The Hall–Kier alpha value is -0.160. The Morgan fingerprint density at radius 1 is 1.18 bits per heavy atom. The van der Waals surface area contributed by atoms with Gasteiger partial charge in [0.1, 0.15) is 0 Å². The number of hydrogen-bond acceptors (Lipinski definition) is 3. The lowest BCUT2D eigenvalue weighted by molar-refractivity contribution is 0.713. The smallest absolute Gasteiger partial charge is 0.0774 e.